The molecule has 1 N–H and O–H groups in total. The number of sulfonamides is 1. The number of hydrogen-bond acceptors (Lipinski definition) is 4. The van der Waals surface area contributed by atoms with E-state index in [4.69, 9.17) is 5.11 Å². The molecule has 19 heavy (non-hydrogen) atoms. The molecule has 0 spiro atoms. The molecule has 9 heteroatoms. The summed E-state index contributed by atoms with van der Waals surface area (Å²) >= 11 is 1.12. The summed E-state index contributed by atoms with van der Waals surface area (Å²) in [5, 5.41) is 8.93. The smallest absolute Gasteiger partial charge is 0.322 e. The van der Waals surface area contributed by atoms with Crippen LogP contribution in [-0.4, -0.2) is 41.5 Å². The van der Waals surface area contributed by atoms with Crippen molar-refractivity contribution in [3.63, 3.8) is 0 Å². The van der Waals surface area contributed by atoms with Crippen molar-refractivity contribution in [1.29, 1.82) is 0 Å². The number of carboxylic acids is 1. The molecule has 0 amide bonds. The molecule has 0 unspecified atom stereocenters. The molecule has 0 saturated carbocycles. The summed E-state index contributed by atoms with van der Waals surface area (Å²) in [7, 11) is -4.29. The van der Waals surface area contributed by atoms with Crippen molar-refractivity contribution in [2.45, 2.75) is 10.9 Å². The number of nitrogens with zero attached hydrogens (tertiary/aromatic N) is 1. The van der Waals surface area contributed by atoms with E-state index in [1.54, 1.807) is 0 Å². The van der Waals surface area contributed by atoms with E-state index in [9.17, 15) is 22.0 Å². The fourth-order valence-corrected chi connectivity index (χ4v) is 4.85. The van der Waals surface area contributed by atoms with Crippen molar-refractivity contribution in [3.8, 4) is 0 Å². The Labute approximate surface area is 112 Å². The molecular weight excluding hydrogens is 300 g/mol. The SMILES string of the molecule is O=C(O)[C@@H]1CSCN1S(=O)(=O)c1ccc(F)cc1F. The maximum atomic E-state index is 13.5. The number of halogens is 2. The molecule has 0 aromatic heterocycles. The van der Waals surface area contributed by atoms with Gasteiger partial charge in [0.15, 0.2) is 0 Å². The van der Waals surface area contributed by atoms with Crippen LogP contribution in [0.15, 0.2) is 23.1 Å². The average Bonchev–Trinajstić information content (AvgIpc) is 2.77. The van der Waals surface area contributed by atoms with Gasteiger partial charge in [-0.05, 0) is 12.1 Å². The van der Waals surface area contributed by atoms with Crippen molar-refractivity contribution < 1.29 is 27.1 Å². The minimum absolute atomic E-state index is 0.0733. The van der Waals surface area contributed by atoms with Gasteiger partial charge in [-0.3, -0.25) is 4.79 Å². The third-order valence-corrected chi connectivity index (χ3v) is 5.67. The molecule has 5 nitrogen and oxygen atoms in total. The van der Waals surface area contributed by atoms with Crippen molar-refractivity contribution in [2.24, 2.45) is 0 Å². The van der Waals surface area contributed by atoms with Crippen LogP contribution in [0.25, 0.3) is 0 Å². The highest BCUT2D eigenvalue weighted by atomic mass is 32.2. The van der Waals surface area contributed by atoms with Gasteiger partial charge < -0.3 is 5.11 Å². The zero-order valence-corrected chi connectivity index (χ0v) is 11.0. The van der Waals surface area contributed by atoms with Crippen LogP contribution in [0.4, 0.5) is 8.78 Å². The lowest BCUT2D eigenvalue weighted by atomic mass is 10.3. The highest BCUT2D eigenvalue weighted by Crippen LogP contribution is 2.29. The molecule has 0 bridgehead atoms. The van der Waals surface area contributed by atoms with E-state index >= 15 is 0 Å². The van der Waals surface area contributed by atoms with Gasteiger partial charge >= 0.3 is 5.97 Å². The zero-order chi connectivity index (χ0) is 14.2. The first-order valence-corrected chi connectivity index (χ1v) is 7.71. The monoisotopic (exact) mass is 309 g/mol. The molecule has 1 heterocycles. The van der Waals surface area contributed by atoms with Gasteiger partial charge in [0.1, 0.15) is 22.6 Å². The number of thioether (sulfide) groups is 1. The second kappa shape index (κ2) is 5.06. The topological polar surface area (TPSA) is 74.7 Å². The van der Waals surface area contributed by atoms with Crippen LogP contribution in [0.2, 0.25) is 0 Å². The summed E-state index contributed by atoms with van der Waals surface area (Å²) in [5.74, 6) is -3.41. The lowest BCUT2D eigenvalue weighted by Crippen LogP contribution is -2.41. The quantitative estimate of drug-likeness (QED) is 0.905. The first kappa shape index (κ1) is 14.2. The average molecular weight is 309 g/mol. The van der Waals surface area contributed by atoms with Gasteiger partial charge in [0.05, 0.1) is 5.88 Å². The number of aliphatic carboxylic acids is 1. The molecule has 1 aliphatic heterocycles. The number of carbonyl (C=O) groups is 1. The maximum Gasteiger partial charge on any atom is 0.322 e. The first-order valence-electron chi connectivity index (χ1n) is 5.11. The molecule has 104 valence electrons. The predicted octanol–water partition coefficient (Wildman–Crippen LogP) is 1.11. The molecule has 1 saturated heterocycles. The van der Waals surface area contributed by atoms with Crippen LogP contribution in [0.5, 0.6) is 0 Å². The van der Waals surface area contributed by atoms with Crippen molar-refractivity contribution in [2.75, 3.05) is 11.6 Å². The van der Waals surface area contributed by atoms with Crippen LogP contribution in [-0.2, 0) is 14.8 Å². The summed E-state index contributed by atoms with van der Waals surface area (Å²) in [4.78, 5) is 10.2. The van der Waals surface area contributed by atoms with E-state index in [1.807, 2.05) is 0 Å². The van der Waals surface area contributed by atoms with Gasteiger partial charge in [-0.2, -0.15) is 4.31 Å². The van der Waals surface area contributed by atoms with Gasteiger partial charge in [0, 0.05) is 11.8 Å². The minimum atomic E-state index is -4.29. The maximum absolute atomic E-state index is 13.5. The summed E-state index contributed by atoms with van der Waals surface area (Å²) in [6.07, 6.45) is 0. The van der Waals surface area contributed by atoms with Crippen LogP contribution in [0.3, 0.4) is 0 Å². The highest BCUT2D eigenvalue weighted by Gasteiger charge is 2.41. The summed E-state index contributed by atoms with van der Waals surface area (Å²) in [6, 6.07) is 0.822. The predicted molar refractivity (Wildman–Crippen MR) is 64.1 cm³/mol. The van der Waals surface area contributed by atoms with Gasteiger partial charge in [-0.15, -0.1) is 11.8 Å². The van der Waals surface area contributed by atoms with E-state index in [2.05, 4.69) is 0 Å². The molecule has 1 aliphatic rings. The number of hydrogen-bond donors (Lipinski definition) is 1. The molecule has 1 atom stereocenters. The number of carboxylic acid groups (broad SMARTS) is 1. The van der Waals surface area contributed by atoms with Crippen LogP contribution < -0.4 is 0 Å². The van der Waals surface area contributed by atoms with E-state index in [0.717, 1.165) is 23.9 Å². The summed E-state index contributed by atoms with van der Waals surface area (Å²) < 4.78 is 51.3. The number of rotatable bonds is 3. The van der Waals surface area contributed by atoms with Crippen molar-refractivity contribution in [1.82, 2.24) is 4.31 Å². The molecule has 1 aromatic rings. The lowest BCUT2D eigenvalue weighted by Gasteiger charge is -2.20. The second-order valence-electron chi connectivity index (χ2n) is 3.82. The Morgan fingerprint density at radius 3 is 2.68 bits per heavy atom. The van der Waals surface area contributed by atoms with Crippen LogP contribution in [0.1, 0.15) is 0 Å². The highest BCUT2D eigenvalue weighted by molar-refractivity contribution is 8.00. The van der Waals surface area contributed by atoms with Crippen LogP contribution >= 0.6 is 11.8 Å². The Morgan fingerprint density at radius 2 is 2.11 bits per heavy atom. The van der Waals surface area contributed by atoms with Crippen molar-refractivity contribution >= 4 is 27.8 Å². The van der Waals surface area contributed by atoms with Gasteiger partial charge in [0.2, 0.25) is 10.0 Å². The Balaban J connectivity index is 2.45. The molecular formula is C10H9F2NO4S2. The lowest BCUT2D eigenvalue weighted by molar-refractivity contribution is -0.140. The third kappa shape index (κ3) is 2.58. The second-order valence-corrected chi connectivity index (χ2v) is 6.68. The third-order valence-electron chi connectivity index (χ3n) is 2.61. The largest absolute Gasteiger partial charge is 0.480 e. The zero-order valence-electron chi connectivity index (χ0n) is 9.42. The fraction of sp³-hybridized carbons (Fsp3) is 0.300. The van der Waals surface area contributed by atoms with E-state index in [1.165, 1.54) is 0 Å². The van der Waals surface area contributed by atoms with Crippen molar-refractivity contribution in [3.05, 3.63) is 29.8 Å². The number of benzene rings is 1. The summed E-state index contributed by atoms with van der Waals surface area (Å²) in [5.41, 5.74) is 0. The molecule has 1 aromatic carbocycles. The van der Waals surface area contributed by atoms with E-state index in [-0.39, 0.29) is 11.6 Å². The Morgan fingerprint density at radius 1 is 1.42 bits per heavy atom. The molecule has 1 fully saturated rings. The molecule has 2 rings (SSSR count). The minimum Gasteiger partial charge on any atom is -0.480 e. The Kier molecular flexibility index (Phi) is 3.79. The van der Waals surface area contributed by atoms with Gasteiger partial charge in [0.25, 0.3) is 0 Å². The Hall–Kier alpha value is -1.19. The molecule has 0 radical (unpaired) electrons. The first-order chi connectivity index (χ1) is 8.84. The standard InChI is InChI=1S/C10H9F2NO4S2/c11-6-1-2-9(7(12)3-6)19(16,17)13-5-18-4-8(13)10(14)15/h1-3,8H,4-5H2,(H,14,15)/t8-/m0/s1. The van der Waals surface area contributed by atoms with Crippen LogP contribution in [0, 0.1) is 11.6 Å². The van der Waals surface area contributed by atoms with E-state index < -0.39 is 38.6 Å². The fourth-order valence-electron chi connectivity index (χ4n) is 1.67. The molecule has 0 aliphatic carbocycles. The summed E-state index contributed by atoms with van der Waals surface area (Å²) in [6.45, 7) is 0. The Bertz CT molecular complexity index is 620. The van der Waals surface area contributed by atoms with Gasteiger partial charge in [-0.1, -0.05) is 0 Å². The van der Waals surface area contributed by atoms with Gasteiger partial charge in [-0.25, -0.2) is 17.2 Å². The normalized spacial score (nSPS) is 20.6. The van der Waals surface area contributed by atoms with E-state index in [0.29, 0.717) is 10.4 Å².